The van der Waals surface area contributed by atoms with Crippen molar-refractivity contribution < 1.29 is 9.47 Å². The highest BCUT2D eigenvalue weighted by Crippen LogP contribution is 2.46. The fraction of sp³-hybridized carbons (Fsp3) is 0.419. The standard InChI is InChI=1S/C31H36N4O2/c1-4-18-17-35-12-10-23-25-16-21(37-3)6-8-27(25)34-31(23)29(35)14-19(18)13-28-30-22(9-11-32-28)24-15-20(36-2)5-7-26(24)33-30/h4-8,15-16,18-19,28-29,32-34H,1,9-14,17H2,2-3H3/t18?,19-,28+,29+/m0/s1. The van der Waals surface area contributed by atoms with Gasteiger partial charge in [-0.1, -0.05) is 6.08 Å². The lowest BCUT2D eigenvalue weighted by Gasteiger charge is -2.46. The highest BCUT2D eigenvalue weighted by molar-refractivity contribution is 5.87. The minimum Gasteiger partial charge on any atom is -0.497 e. The van der Waals surface area contributed by atoms with E-state index in [9.17, 15) is 0 Å². The molecule has 0 saturated carbocycles. The summed E-state index contributed by atoms with van der Waals surface area (Å²) in [6, 6.07) is 13.6. The minimum atomic E-state index is 0.330. The van der Waals surface area contributed by atoms with Gasteiger partial charge >= 0.3 is 0 Å². The lowest BCUT2D eigenvalue weighted by atomic mass is 9.75. The predicted octanol–water partition coefficient (Wildman–Crippen LogP) is 5.66. The number of fused-ring (bicyclic) bond motifs is 8. The third kappa shape index (κ3) is 3.69. The van der Waals surface area contributed by atoms with Crippen LogP contribution in [-0.4, -0.2) is 48.7 Å². The Hall–Kier alpha value is -3.22. The molecule has 4 atom stereocenters. The maximum atomic E-state index is 5.53. The van der Waals surface area contributed by atoms with E-state index in [0.29, 0.717) is 23.9 Å². The lowest BCUT2D eigenvalue weighted by Crippen LogP contribution is -2.46. The second-order valence-electron chi connectivity index (χ2n) is 11.0. The molecule has 0 bridgehead atoms. The van der Waals surface area contributed by atoms with Crippen molar-refractivity contribution in [3.63, 3.8) is 0 Å². The molecule has 2 aromatic heterocycles. The summed E-state index contributed by atoms with van der Waals surface area (Å²) in [5.74, 6) is 2.92. The molecule has 0 radical (unpaired) electrons. The van der Waals surface area contributed by atoms with Crippen LogP contribution in [-0.2, 0) is 12.8 Å². The third-order valence-electron chi connectivity index (χ3n) is 9.25. The Morgan fingerprint density at radius 1 is 0.946 bits per heavy atom. The molecular weight excluding hydrogens is 460 g/mol. The van der Waals surface area contributed by atoms with Crippen molar-refractivity contribution in [2.45, 2.75) is 37.8 Å². The Kier molecular flexibility index (Phi) is 5.56. The van der Waals surface area contributed by atoms with E-state index in [1.807, 2.05) is 6.07 Å². The van der Waals surface area contributed by atoms with E-state index >= 15 is 0 Å². The van der Waals surface area contributed by atoms with Gasteiger partial charge in [-0.3, -0.25) is 4.90 Å². The topological polar surface area (TPSA) is 65.3 Å². The van der Waals surface area contributed by atoms with Gasteiger partial charge in [-0.15, -0.1) is 6.58 Å². The van der Waals surface area contributed by atoms with Crippen LogP contribution < -0.4 is 14.8 Å². The average Bonchev–Trinajstić information content (AvgIpc) is 3.51. The molecule has 5 heterocycles. The van der Waals surface area contributed by atoms with Gasteiger partial charge in [-0.05, 0) is 91.6 Å². The van der Waals surface area contributed by atoms with E-state index < -0.39 is 0 Å². The van der Waals surface area contributed by atoms with Gasteiger partial charge in [-0.25, -0.2) is 0 Å². The smallest absolute Gasteiger partial charge is 0.119 e. The van der Waals surface area contributed by atoms with Crippen molar-refractivity contribution in [3.8, 4) is 11.5 Å². The number of hydrogen-bond acceptors (Lipinski definition) is 4. The van der Waals surface area contributed by atoms with Crippen LogP contribution in [0.1, 0.15) is 47.4 Å². The first-order chi connectivity index (χ1) is 18.2. The predicted molar refractivity (Wildman–Crippen MR) is 149 cm³/mol. The van der Waals surface area contributed by atoms with Gasteiger partial charge < -0.3 is 24.8 Å². The van der Waals surface area contributed by atoms with Crippen LogP contribution in [0.15, 0.2) is 49.1 Å². The number of aromatic amines is 2. The van der Waals surface area contributed by atoms with Gasteiger partial charge in [0.15, 0.2) is 0 Å². The molecule has 0 amide bonds. The Labute approximate surface area is 218 Å². The Balaban J connectivity index is 1.20. The second kappa shape index (κ2) is 8.96. The average molecular weight is 497 g/mol. The summed E-state index contributed by atoms with van der Waals surface area (Å²) in [5.41, 5.74) is 8.14. The van der Waals surface area contributed by atoms with Crippen LogP contribution in [0.3, 0.4) is 0 Å². The molecule has 1 saturated heterocycles. The number of hydrogen-bond donors (Lipinski definition) is 3. The van der Waals surface area contributed by atoms with Crippen molar-refractivity contribution in [1.29, 1.82) is 0 Å². The van der Waals surface area contributed by atoms with Crippen LogP contribution in [0.5, 0.6) is 11.5 Å². The zero-order valence-corrected chi connectivity index (χ0v) is 21.8. The Morgan fingerprint density at radius 3 is 2.30 bits per heavy atom. The number of methoxy groups -OCH3 is 2. The first-order valence-electron chi connectivity index (χ1n) is 13.6. The van der Waals surface area contributed by atoms with Gasteiger partial charge in [0.05, 0.1) is 20.3 Å². The molecular formula is C31H36N4O2. The van der Waals surface area contributed by atoms with Crippen LogP contribution in [0.2, 0.25) is 0 Å². The molecule has 3 aliphatic heterocycles. The number of ether oxygens (including phenoxy) is 2. The lowest BCUT2D eigenvalue weighted by molar-refractivity contribution is 0.0623. The Bertz CT molecular complexity index is 1480. The summed E-state index contributed by atoms with van der Waals surface area (Å²) in [5, 5.41) is 6.48. The molecule has 7 rings (SSSR count). The van der Waals surface area contributed by atoms with Crippen LogP contribution in [0.4, 0.5) is 0 Å². The SMILES string of the molecule is C=CC1CN2CCc3c([nH]c4ccc(OC)cc34)[C@H]2C[C@@H]1C[C@H]1NCCc2c1[nH]c1ccc(OC)cc21. The van der Waals surface area contributed by atoms with Crippen LogP contribution >= 0.6 is 0 Å². The maximum absolute atomic E-state index is 5.53. The fourth-order valence-electron chi connectivity index (χ4n) is 7.35. The molecule has 3 aliphatic rings. The number of rotatable bonds is 5. The van der Waals surface area contributed by atoms with Gasteiger partial charge in [0, 0.05) is 52.3 Å². The largest absolute Gasteiger partial charge is 0.497 e. The second-order valence-corrected chi connectivity index (χ2v) is 11.0. The molecule has 3 N–H and O–H groups in total. The molecule has 0 aliphatic carbocycles. The van der Waals surface area contributed by atoms with Gasteiger partial charge in [0.2, 0.25) is 0 Å². The van der Waals surface area contributed by atoms with Crippen LogP contribution in [0.25, 0.3) is 21.8 Å². The van der Waals surface area contributed by atoms with Gasteiger partial charge in [0.1, 0.15) is 11.5 Å². The van der Waals surface area contributed by atoms with E-state index in [1.165, 1.54) is 44.3 Å². The molecule has 4 aromatic rings. The molecule has 0 spiro atoms. The van der Waals surface area contributed by atoms with Gasteiger partial charge in [-0.2, -0.15) is 0 Å². The van der Waals surface area contributed by atoms with E-state index in [-0.39, 0.29) is 0 Å². The Morgan fingerprint density at radius 2 is 1.62 bits per heavy atom. The summed E-state index contributed by atoms with van der Waals surface area (Å²) in [7, 11) is 3.49. The first-order valence-corrected chi connectivity index (χ1v) is 13.6. The quantitative estimate of drug-likeness (QED) is 0.312. The van der Waals surface area contributed by atoms with Crippen molar-refractivity contribution in [1.82, 2.24) is 20.2 Å². The molecule has 6 heteroatoms. The van der Waals surface area contributed by atoms with Crippen molar-refractivity contribution in [2.24, 2.45) is 11.8 Å². The van der Waals surface area contributed by atoms with Crippen molar-refractivity contribution >= 4 is 21.8 Å². The molecule has 6 nitrogen and oxygen atoms in total. The van der Waals surface area contributed by atoms with E-state index in [2.05, 4.69) is 63.2 Å². The third-order valence-corrected chi connectivity index (χ3v) is 9.25. The number of piperidine rings is 1. The molecule has 1 fully saturated rings. The highest BCUT2D eigenvalue weighted by Gasteiger charge is 2.40. The van der Waals surface area contributed by atoms with E-state index in [1.54, 1.807) is 14.2 Å². The summed E-state index contributed by atoms with van der Waals surface area (Å²) in [6.07, 6.45) is 6.61. The molecule has 37 heavy (non-hydrogen) atoms. The number of nitrogens with zero attached hydrogens (tertiary/aromatic N) is 1. The zero-order chi connectivity index (χ0) is 25.1. The van der Waals surface area contributed by atoms with E-state index in [0.717, 1.165) is 56.8 Å². The highest BCUT2D eigenvalue weighted by atomic mass is 16.5. The number of benzene rings is 2. The van der Waals surface area contributed by atoms with Crippen molar-refractivity contribution in [3.05, 3.63) is 71.6 Å². The monoisotopic (exact) mass is 496 g/mol. The molecule has 192 valence electrons. The summed E-state index contributed by atoms with van der Waals surface area (Å²) in [6.45, 7) is 7.47. The minimum absolute atomic E-state index is 0.330. The van der Waals surface area contributed by atoms with E-state index in [4.69, 9.17) is 9.47 Å². The fourth-order valence-corrected chi connectivity index (χ4v) is 7.35. The van der Waals surface area contributed by atoms with Crippen molar-refractivity contribution in [2.75, 3.05) is 33.9 Å². The molecule has 2 aromatic carbocycles. The number of aromatic nitrogens is 2. The first kappa shape index (κ1) is 22.9. The normalized spacial score (nSPS) is 25.5. The van der Waals surface area contributed by atoms with Crippen LogP contribution in [0, 0.1) is 11.8 Å². The summed E-state index contributed by atoms with van der Waals surface area (Å²) >= 11 is 0. The summed E-state index contributed by atoms with van der Waals surface area (Å²) in [4.78, 5) is 10.3. The number of H-pyrrole nitrogens is 2. The number of nitrogens with one attached hydrogen (secondary N) is 3. The zero-order valence-electron chi connectivity index (χ0n) is 21.8. The summed E-state index contributed by atoms with van der Waals surface area (Å²) < 4.78 is 11.0. The molecule has 1 unspecified atom stereocenters. The van der Waals surface area contributed by atoms with Gasteiger partial charge in [0.25, 0.3) is 0 Å². The maximum Gasteiger partial charge on any atom is 0.119 e.